The molecule has 1 atom stereocenters. The molecular formula is C15H18N4O2. The topological polar surface area (TPSA) is 79.0 Å². The second-order valence-corrected chi connectivity index (χ2v) is 5.03. The van der Waals surface area contributed by atoms with Crippen LogP contribution in [0.25, 0.3) is 0 Å². The molecule has 1 aromatic heterocycles. The molecule has 0 saturated carbocycles. The summed E-state index contributed by atoms with van der Waals surface area (Å²) in [6.45, 7) is 1.13. The van der Waals surface area contributed by atoms with Crippen molar-refractivity contribution in [1.29, 1.82) is 0 Å². The quantitative estimate of drug-likeness (QED) is 0.775. The van der Waals surface area contributed by atoms with Crippen LogP contribution in [0.2, 0.25) is 0 Å². The van der Waals surface area contributed by atoms with E-state index in [1.165, 1.54) is 0 Å². The van der Waals surface area contributed by atoms with Crippen molar-refractivity contribution in [2.75, 3.05) is 7.11 Å². The van der Waals surface area contributed by atoms with Gasteiger partial charge in [0, 0.05) is 19.5 Å². The molecule has 21 heavy (non-hydrogen) atoms. The fraction of sp³-hybridized carbons (Fsp3) is 0.333. The van der Waals surface area contributed by atoms with Crippen LogP contribution in [-0.4, -0.2) is 29.0 Å². The highest BCUT2D eigenvalue weighted by molar-refractivity contribution is 5.82. The number of imidazole rings is 1. The average Bonchev–Trinajstić information content (AvgIpc) is 3.00. The van der Waals surface area contributed by atoms with Gasteiger partial charge < -0.3 is 15.0 Å². The van der Waals surface area contributed by atoms with Gasteiger partial charge >= 0.3 is 0 Å². The minimum Gasteiger partial charge on any atom is -0.497 e. The first-order valence-electron chi connectivity index (χ1n) is 6.91. The molecule has 1 unspecified atom stereocenters. The van der Waals surface area contributed by atoms with Gasteiger partial charge in [-0.15, -0.1) is 0 Å². The summed E-state index contributed by atoms with van der Waals surface area (Å²) in [4.78, 5) is 19.5. The smallest absolute Gasteiger partial charge is 0.237 e. The first-order chi connectivity index (χ1) is 10.3. The Hall–Kier alpha value is -2.34. The van der Waals surface area contributed by atoms with Crippen molar-refractivity contribution in [3.05, 3.63) is 47.5 Å². The summed E-state index contributed by atoms with van der Waals surface area (Å²) in [5.74, 6) is 0.783. The number of amides is 1. The molecule has 1 aliphatic rings. The number of ether oxygens (including phenoxy) is 1. The summed E-state index contributed by atoms with van der Waals surface area (Å²) in [7, 11) is 1.63. The van der Waals surface area contributed by atoms with Gasteiger partial charge in [0.1, 0.15) is 5.75 Å². The highest BCUT2D eigenvalue weighted by Crippen LogP contribution is 2.14. The van der Waals surface area contributed by atoms with Crippen molar-refractivity contribution >= 4 is 5.91 Å². The minimum absolute atomic E-state index is 0.00790. The Kier molecular flexibility index (Phi) is 3.87. The Morgan fingerprint density at radius 3 is 3.29 bits per heavy atom. The number of carbonyl (C=O) groups is 1. The molecule has 2 heterocycles. The van der Waals surface area contributed by atoms with E-state index in [0.29, 0.717) is 19.5 Å². The van der Waals surface area contributed by atoms with E-state index >= 15 is 0 Å². The number of fused-ring (bicyclic) bond motifs is 1. The van der Waals surface area contributed by atoms with Crippen LogP contribution in [0.1, 0.15) is 17.0 Å². The van der Waals surface area contributed by atoms with Gasteiger partial charge in [0.25, 0.3) is 0 Å². The maximum absolute atomic E-state index is 12.2. The van der Waals surface area contributed by atoms with E-state index in [0.717, 1.165) is 22.7 Å². The van der Waals surface area contributed by atoms with E-state index in [-0.39, 0.29) is 11.9 Å². The summed E-state index contributed by atoms with van der Waals surface area (Å²) >= 11 is 0. The van der Waals surface area contributed by atoms with Crippen molar-refractivity contribution in [3.63, 3.8) is 0 Å². The highest BCUT2D eigenvalue weighted by atomic mass is 16.5. The summed E-state index contributed by atoms with van der Waals surface area (Å²) in [6.07, 6.45) is 2.28. The predicted octanol–water partition coefficient (Wildman–Crippen LogP) is 0.749. The van der Waals surface area contributed by atoms with Crippen LogP contribution in [0.5, 0.6) is 5.75 Å². The van der Waals surface area contributed by atoms with Crippen molar-refractivity contribution < 1.29 is 9.53 Å². The van der Waals surface area contributed by atoms with E-state index in [1.807, 2.05) is 24.3 Å². The number of aromatic amines is 1. The number of nitrogens with zero attached hydrogens (tertiary/aromatic N) is 1. The van der Waals surface area contributed by atoms with Gasteiger partial charge in [-0.25, -0.2) is 4.98 Å². The molecule has 110 valence electrons. The van der Waals surface area contributed by atoms with Crippen LogP contribution in [-0.2, 0) is 24.3 Å². The highest BCUT2D eigenvalue weighted by Gasteiger charge is 2.25. The lowest BCUT2D eigenvalue weighted by Crippen LogP contribution is -2.47. The van der Waals surface area contributed by atoms with Gasteiger partial charge in [-0.1, -0.05) is 12.1 Å². The number of benzene rings is 1. The zero-order chi connectivity index (χ0) is 14.7. The summed E-state index contributed by atoms with van der Waals surface area (Å²) in [6, 6.07) is 7.44. The molecule has 0 fully saturated rings. The molecule has 0 radical (unpaired) electrons. The van der Waals surface area contributed by atoms with E-state index in [4.69, 9.17) is 4.74 Å². The van der Waals surface area contributed by atoms with Crippen molar-refractivity contribution in [1.82, 2.24) is 20.6 Å². The lowest BCUT2D eigenvalue weighted by atomic mass is 10.0. The van der Waals surface area contributed by atoms with Crippen molar-refractivity contribution in [3.8, 4) is 5.75 Å². The molecule has 0 spiro atoms. The molecule has 1 aromatic carbocycles. The monoisotopic (exact) mass is 286 g/mol. The summed E-state index contributed by atoms with van der Waals surface area (Å²) in [5, 5.41) is 6.16. The van der Waals surface area contributed by atoms with Crippen molar-refractivity contribution in [2.24, 2.45) is 0 Å². The summed E-state index contributed by atoms with van der Waals surface area (Å²) < 4.78 is 5.17. The lowest BCUT2D eigenvalue weighted by molar-refractivity contribution is -0.123. The molecule has 0 saturated heterocycles. The van der Waals surface area contributed by atoms with Gasteiger partial charge in [0.2, 0.25) is 5.91 Å². The number of H-pyrrole nitrogens is 1. The van der Waals surface area contributed by atoms with E-state index in [1.54, 1.807) is 13.4 Å². The maximum Gasteiger partial charge on any atom is 0.237 e. The van der Waals surface area contributed by atoms with Crippen LogP contribution in [0, 0.1) is 0 Å². The number of carbonyl (C=O) groups excluding carboxylic acids is 1. The second-order valence-electron chi connectivity index (χ2n) is 5.03. The average molecular weight is 286 g/mol. The number of nitrogens with one attached hydrogen (secondary N) is 3. The lowest BCUT2D eigenvalue weighted by Gasteiger charge is -2.22. The fourth-order valence-electron chi connectivity index (χ4n) is 2.45. The molecule has 0 bridgehead atoms. The minimum atomic E-state index is -0.230. The molecule has 3 rings (SSSR count). The molecule has 3 N–H and O–H groups in total. The number of hydrogen-bond donors (Lipinski definition) is 3. The number of hydrogen-bond acceptors (Lipinski definition) is 4. The molecule has 6 heteroatoms. The largest absolute Gasteiger partial charge is 0.497 e. The van der Waals surface area contributed by atoms with E-state index in [9.17, 15) is 4.79 Å². The van der Waals surface area contributed by atoms with Crippen LogP contribution in [0.3, 0.4) is 0 Å². The zero-order valence-electron chi connectivity index (χ0n) is 11.8. The van der Waals surface area contributed by atoms with Gasteiger partial charge in [-0.2, -0.15) is 0 Å². The molecular weight excluding hydrogens is 268 g/mol. The van der Waals surface area contributed by atoms with E-state index < -0.39 is 0 Å². The van der Waals surface area contributed by atoms with Crippen molar-refractivity contribution in [2.45, 2.75) is 25.6 Å². The standard InChI is InChI=1S/C15H18N4O2/c1-21-11-4-2-3-10(5-11)7-17-15(20)13-6-12-14(8-16-13)19-9-18-12/h2-5,9,13,16H,6-8H2,1H3,(H,17,20)(H,18,19). The van der Waals surface area contributed by atoms with Gasteiger partial charge in [-0.3, -0.25) is 10.1 Å². The molecule has 1 amide bonds. The first kappa shape index (κ1) is 13.6. The Morgan fingerprint density at radius 2 is 2.43 bits per heavy atom. The molecule has 2 aromatic rings. The molecule has 1 aliphatic heterocycles. The normalized spacial score (nSPS) is 17.1. The SMILES string of the molecule is COc1cccc(CNC(=O)C2Cc3nc[nH]c3CN2)c1. The third-order valence-electron chi connectivity index (χ3n) is 3.65. The third kappa shape index (κ3) is 3.05. The number of methoxy groups -OCH3 is 1. The van der Waals surface area contributed by atoms with Gasteiger partial charge in [0.15, 0.2) is 0 Å². The van der Waals surface area contributed by atoms with Crippen LogP contribution >= 0.6 is 0 Å². The zero-order valence-corrected chi connectivity index (χ0v) is 11.8. The molecule has 0 aliphatic carbocycles. The van der Waals surface area contributed by atoms with Crippen LogP contribution < -0.4 is 15.4 Å². The third-order valence-corrected chi connectivity index (χ3v) is 3.65. The number of aromatic nitrogens is 2. The first-order valence-corrected chi connectivity index (χ1v) is 6.91. The predicted molar refractivity (Wildman–Crippen MR) is 77.8 cm³/mol. The fourth-order valence-corrected chi connectivity index (χ4v) is 2.45. The van der Waals surface area contributed by atoms with E-state index in [2.05, 4.69) is 20.6 Å². The number of rotatable bonds is 4. The Morgan fingerprint density at radius 1 is 1.52 bits per heavy atom. The Labute approximate surface area is 122 Å². The van der Waals surface area contributed by atoms with Gasteiger partial charge in [0.05, 0.1) is 30.9 Å². The second kappa shape index (κ2) is 5.97. The van der Waals surface area contributed by atoms with Crippen LogP contribution in [0.15, 0.2) is 30.6 Å². The maximum atomic E-state index is 12.2. The Balaban J connectivity index is 1.57. The Bertz CT molecular complexity index is 638. The molecule has 6 nitrogen and oxygen atoms in total. The summed E-state index contributed by atoms with van der Waals surface area (Å²) in [5.41, 5.74) is 3.04. The van der Waals surface area contributed by atoms with Crippen LogP contribution in [0.4, 0.5) is 0 Å². The van der Waals surface area contributed by atoms with Gasteiger partial charge in [-0.05, 0) is 17.7 Å².